The highest BCUT2D eigenvalue weighted by Crippen LogP contribution is 2.21. The summed E-state index contributed by atoms with van der Waals surface area (Å²) in [4.78, 5) is 19.2. The van der Waals surface area contributed by atoms with Crippen LogP contribution in [0.25, 0.3) is 10.9 Å². The lowest BCUT2D eigenvalue weighted by molar-refractivity contribution is 0.0697. The summed E-state index contributed by atoms with van der Waals surface area (Å²) in [6.45, 7) is 3.99. The molecule has 0 amide bonds. The molecule has 0 atom stereocenters. The molecule has 0 spiro atoms. The number of anilines is 1. The van der Waals surface area contributed by atoms with Crippen molar-refractivity contribution in [3.8, 4) is 0 Å². The van der Waals surface area contributed by atoms with Gasteiger partial charge in [0, 0.05) is 11.4 Å². The molecule has 0 aliphatic heterocycles. The first-order valence-electron chi connectivity index (χ1n) is 5.32. The van der Waals surface area contributed by atoms with E-state index in [9.17, 15) is 4.79 Å². The van der Waals surface area contributed by atoms with Crippen LogP contribution in [0, 0.1) is 0 Å². The van der Waals surface area contributed by atoms with Crippen molar-refractivity contribution in [2.75, 3.05) is 5.32 Å². The second-order valence-corrected chi connectivity index (χ2v) is 4.06. The lowest BCUT2D eigenvalue weighted by atomic mass is 10.1. The third-order valence-corrected chi connectivity index (χ3v) is 2.31. The van der Waals surface area contributed by atoms with Gasteiger partial charge >= 0.3 is 5.97 Å². The van der Waals surface area contributed by atoms with E-state index in [0.717, 1.165) is 10.9 Å². The third-order valence-electron chi connectivity index (χ3n) is 2.31. The molecule has 17 heavy (non-hydrogen) atoms. The lowest BCUT2D eigenvalue weighted by Gasteiger charge is -2.11. The Balaban J connectivity index is 2.59. The molecule has 0 radical (unpaired) electrons. The number of benzene rings is 1. The van der Waals surface area contributed by atoms with Crippen molar-refractivity contribution in [1.29, 1.82) is 0 Å². The van der Waals surface area contributed by atoms with E-state index in [0.29, 0.717) is 5.82 Å². The number of rotatable bonds is 3. The number of nitrogens with zero attached hydrogens (tertiary/aromatic N) is 2. The molecular formula is C12H13N3O2. The zero-order valence-corrected chi connectivity index (χ0v) is 9.64. The smallest absolute Gasteiger partial charge is 0.335 e. The van der Waals surface area contributed by atoms with Gasteiger partial charge in [-0.1, -0.05) is 0 Å². The minimum Gasteiger partial charge on any atom is -0.478 e. The predicted molar refractivity (Wildman–Crippen MR) is 65.3 cm³/mol. The number of carboxylic acids is 1. The fraction of sp³-hybridized carbons (Fsp3) is 0.250. The van der Waals surface area contributed by atoms with Crippen molar-refractivity contribution >= 4 is 22.7 Å². The molecule has 1 heterocycles. The first-order valence-corrected chi connectivity index (χ1v) is 5.32. The maximum absolute atomic E-state index is 10.9. The Bertz CT molecular complexity index is 567. The van der Waals surface area contributed by atoms with Crippen LogP contribution in [-0.2, 0) is 0 Å². The van der Waals surface area contributed by atoms with Crippen LogP contribution in [0.15, 0.2) is 24.5 Å². The Morgan fingerprint density at radius 1 is 1.35 bits per heavy atom. The zero-order chi connectivity index (χ0) is 12.4. The van der Waals surface area contributed by atoms with E-state index in [1.807, 2.05) is 13.8 Å². The molecule has 2 aromatic rings. The largest absolute Gasteiger partial charge is 0.478 e. The van der Waals surface area contributed by atoms with Gasteiger partial charge < -0.3 is 10.4 Å². The molecule has 0 unspecified atom stereocenters. The average Bonchev–Trinajstić information content (AvgIpc) is 2.28. The van der Waals surface area contributed by atoms with Crippen LogP contribution in [0.3, 0.4) is 0 Å². The lowest BCUT2D eigenvalue weighted by Crippen LogP contribution is -2.11. The molecule has 88 valence electrons. The second kappa shape index (κ2) is 4.37. The quantitative estimate of drug-likeness (QED) is 0.846. The molecule has 0 saturated heterocycles. The Hall–Kier alpha value is -2.17. The van der Waals surface area contributed by atoms with Crippen molar-refractivity contribution in [3.63, 3.8) is 0 Å². The highest BCUT2D eigenvalue weighted by Gasteiger charge is 2.08. The van der Waals surface area contributed by atoms with Gasteiger partial charge in [-0.05, 0) is 32.0 Å². The van der Waals surface area contributed by atoms with Crippen molar-refractivity contribution in [3.05, 3.63) is 30.1 Å². The summed E-state index contributed by atoms with van der Waals surface area (Å²) in [5.74, 6) is -0.292. The predicted octanol–water partition coefficient (Wildman–Crippen LogP) is 2.15. The van der Waals surface area contributed by atoms with E-state index in [4.69, 9.17) is 5.11 Å². The molecule has 0 fully saturated rings. The maximum atomic E-state index is 10.9. The van der Waals surface area contributed by atoms with E-state index >= 15 is 0 Å². The summed E-state index contributed by atoms with van der Waals surface area (Å²) >= 11 is 0. The van der Waals surface area contributed by atoms with Gasteiger partial charge in [0.25, 0.3) is 0 Å². The minimum absolute atomic E-state index is 0.224. The molecule has 2 rings (SSSR count). The van der Waals surface area contributed by atoms with Gasteiger partial charge in [-0.25, -0.2) is 14.8 Å². The van der Waals surface area contributed by atoms with Crippen molar-refractivity contribution < 1.29 is 9.90 Å². The molecule has 2 N–H and O–H groups in total. The van der Waals surface area contributed by atoms with Gasteiger partial charge in [0.1, 0.15) is 12.1 Å². The van der Waals surface area contributed by atoms with Gasteiger partial charge in [0.05, 0.1) is 11.1 Å². The monoisotopic (exact) mass is 231 g/mol. The number of aromatic carboxylic acids is 1. The second-order valence-electron chi connectivity index (χ2n) is 4.06. The SMILES string of the molecule is CC(C)Nc1ncnc2ccc(C(=O)O)cc12. The summed E-state index contributed by atoms with van der Waals surface area (Å²) < 4.78 is 0. The van der Waals surface area contributed by atoms with Crippen LogP contribution in [0.5, 0.6) is 0 Å². The minimum atomic E-state index is -0.953. The molecule has 1 aromatic carbocycles. The number of aromatic nitrogens is 2. The van der Waals surface area contributed by atoms with Crippen LogP contribution >= 0.6 is 0 Å². The van der Waals surface area contributed by atoms with Crippen LogP contribution in [0.2, 0.25) is 0 Å². The van der Waals surface area contributed by atoms with E-state index in [-0.39, 0.29) is 11.6 Å². The Labute approximate surface area is 98.5 Å². The molecule has 0 saturated carbocycles. The summed E-state index contributed by atoms with van der Waals surface area (Å²) in [6, 6.07) is 5.03. The van der Waals surface area contributed by atoms with Crippen molar-refractivity contribution in [2.45, 2.75) is 19.9 Å². The maximum Gasteiger partial charge on any atom is 0.335 e. The van der Waals surface area contributed by atoms with Crippen LogP contribution in [0.4, 0.5) is 5.82 Å². The van der Waals surface area contributed by atoms with Crippen LogP contribution in [0.1, 0.15) is 24.2 Å². The number of fused-ring (bicyclic) bond motifs is 1. The van der Waals surface area contributed by atoms with Gasteiger partial charge in [-0.2, -0.15) is 0 Å². The zero-order valence-electron chi connectivity index (χ0n) is 9.64. The van der Waals surface area contributed by atoms with Crippen molar-refractivity contribution in [2.24, 2.45) is 0 Å². The number of hydrogen-bond donors (Lipinski definition) is 2. The average molecular weight is 231 g/mol. The molecule has 0 aliphatic carbocycles. The van der Waals surface area contributed by atoms with E-state index in [1.165, 1.54) is 12.4 Å². The molecule has 5 heteroatoms. The third kappa shape index (κ3) is 2.33. The summed E-state index contributed by atoms with van der Waals surface area (Å²) in [5.41, 5.74) is 0.965. The Morgan fingerprint density at radius 3 is 2.76 bits per heavy atom. The standard InChI is InChI=1S/C12H13N3O2/c1-7(2)15-11-9-5-8(12(16)17)3-4-10(9)13-6-14-11/h3-7H,1-2H3,(H,16,17)(H,13,14,15). The molecule has 1 aromatic heterocycles. The highest BCUT2D eigenvalue weighted by molar-refractivity contribution is 5.97. The van der Waals surface area contributed by atoms with E-state index in [2.05, 4.69) is 15.3 Å². The molecule has 5 nitrogen and oxygen atoms in total. The topological polar surface area (TPSA) is 75.1 Å². The highest BCUT2D eigenvalue weighted by atomic mass is 16.4. The normalized spacial score (nSPS) is 10.8. The summed E-state index contributed by atoms with van der Waals surface area (Å²) in [6.07, 6.45) is 1.47. The Kier molecular flexibility index (Phi) is 2.91. The molecule has 0 aliphatic rings. The first kappa shape index (κ1) is 11.3. The van der Waals surface area contributed by atoms with Crippen molar-refractivity contribution in [1.82, 2.24) is 9.97 Å². The fourth-order valence-corrected chi connectivity index (χ4v) is 1.58. The number of nitrogens with one attached hydrogen (secondary N) is 1. The van der Waals surface area contributed by atoms with Crippen LogP contribution in [-0.4, -0.2) is 27.1 Å². The van der Waals surface area contributed by atoms with Crippen LogP contribution < -0.4 is 5.32 Å². The fourth-order valence-electron chi connectivity index (χ4n) is 1.58. The summed E-state index contributed by atoms with van der Waals surface area (Å²) in [7, 11) is 0. The number of carbonyl (C=O) groups is 1. The first-order chi connectivity index (χ1) is 8.08. The number of hydrogen-bond acceptors (Lipinski definition) is 4. The Morgan fingerprint density at radius 2 is 2.12 bits per heavy atom. The van der Waals surface area contributed by atoms with Gasteiger partial charge in [0.2, 0.25) is 0 Å². The molecule has 0 bridgehead atoms. The van der Waals surface area contributed by atoms with E-state index < -0.39 is 5.97 Å². The van der Waals surface area contributed by atoms with Gasteiger partial charge in [-0.3, -0.25) is 0 Å². The number of carboxylic acid groups (broad SMARTS) is 1. The molecular weight excluding hydrogens is 218 g/mol. The van der Waals surface area contributed by atoms with E-state index in [1.54, 1.807) is 12.1 Å². The summed E-state index contributed by atoms with van der Waals surface area (Å²) in [5, 5.41) is 12.8. The van der Waals surface area contributed by atoms with Gasteiger partial charge in [-0.15, -0.1) is 0 Å². The van der Waals surface area contributed by atoms with Gasteiger partial charge in [0.15, 0.2) is 0 Å².